The summed E-state index contributed by atoms with van der Waals surface area (Å²) in [6.07, 6.45) is 4.92. The second-order valence-electron chi connectivity index (χ2n) is 8.62. The average molecular weight is 373 g/mol. The van der Waals surface area contributed by atoms with Gasteiger partial charge in [0.1, 0.15) is 5.60 Å². The van der Waals surface area contributed by atoms with Crippen molar-refractivity contribution in [2.45, 2.75) is 71.8 Å². The number of amides is 2. The maximum absolute atomic E-state index is 12.4. The molecule has 0 saturated carbocycles. The molecule has 27 heavy (non-hydrogen) atoms. The molecule has 0 aliphatic carbocycles. The Morgan fingerprint density at radius 2 is 1.70 bits per heavy atom. The molecule has 1 aromatic carbocycles. The summed E-state index contributed by atoms with van der Waals surface area (Å²) < 4.78 is 5.54. The number of benzene rings is 1. The average Bonchev–Trinajstić information content (AvgIpc) is 2.80. The fourth-order valence-corrected chi connectivity index (χ4v) is 3.85. The van der Waals surface area contributed by atoms with E-state index in [9.17, 15) is 9.59 Å². The topological polar surface area (TPSA) is 49.9 Å². The summed E-state index contributed by atoms with van der Waals surface area (Å²) in [5.74, 6) is 0.236. The number of unbranched alkanes of at least 4 members (excludes halogenated alkanes) is 1. The van der Waals surface area contributed by atoms with Crippen LogP contribution in [0.3, 0.4) is 0 Å². The third-order valence-corrected chi connectivity index (χ3v) is 5.29. The number of carbonyl (C=O) groups excluding carboxylic acids is 2. The first-order valence-electron chi connectivity index (χ1n) is 10.2. The molecule has 0 N–H and O–H groups in total. The SMILES string of the molecule is CCCCN1C(=O)CCc2cc3c(cc21)CCN(C(=O)OC(C)(C)C)CC3. The molecular formula is C22H32N2O3. The summed E-state index contributed by atoms with van der Waals surface area (Å²) in [6, 6.07) is 4.48. The fourth-order valence-electron chi connectivity index (χ4n) is 3.85. The largest absolute Gasteiger partial charge is 0.444 e. The maximum Gasteiger partial charge on any atom is 0.410 e. The zero-order valence-corrected chi connectivity index (χ0v) is 17.1. The van der Waals surface area contributed by atoms with Crippen molar-refractivity contribution in [2.75, 3.05) is 24.5 Å². The summed E-state index contributed by atoms with van der Waals surface area (Å²) in [6.45, 7) is 9.97. The summed E-state index contributed by atoms with van der Waals surface area (Å²) in [5, 5.41) is 0. The lowest BCUT2D eigenvalue weighted by Crippen LogP contribution is -2.38. The molecule has 0 saturated heterocycles. The van der Waals surface area contributed by atoms with Gasteiger partial charge in [-0.05, 0) is 69.2 Å². The van der Waals surface area contributed by atoms with Gasteiger partial charge in [0.15, 0.2) is 0 Å². The lowest BCUT2D eigenvalue weighted by Gasteiger charge is -2.30. The number of nitrogens with zero attached hydrogens (tertiary/aromatic N) is 2. The Labute approximate surface area is 162 Å². The van der Waals surface area contributed by atoms with E-state index in [1.54, 1.807) is 0 Å². The molecule has 2 heterocycles. The number of ether oxygens (including phenoxy) is 1. The number of hydrogen-bond donors (Lipinski definition) is 0. The first-order valence-corrected chi connectivity index (χ1v) is 10.2. The van der Waals surface area contributed by atoms with Gasteiger partial charge in [-0.1, -0.05) is 19.4 Å². The second kappa shape index (κ2) is 7.91. The van der Waals surface area contributed by atoms with Crippen LogP contribution in [-0.4, -0.2) is 42.1 Å². The number of hydrogen-bond acceptors (Lipinski definition) is 3. The summed E-state index contributed by atoms with van der Waals surface area (Å²) in [4.78, 5) is 28.6. The molecule has 0 bridgehead atoms. The van der Waals surface area contributed by atoms with E-state index >= 15 is 0 Å². The molecule has 3 rings (SSSR count). The van der Waals surface area contributed by atoms with Crippen LogP contribution < -0.4 is 4.90 Å². The van der Waals surface area contributed by atoms with Gasteiger partial charge in [-0.3, -0.25) is 4.79 Å². The molecule has 0 atom stereocenters. The monoisotopic (exact) mass is 372 g/mol. The van der Waals surface area contributed by atoms with Crippen LogP contribution in [0.2, 0.25) is 0 Å². The molecule has 0 unspecified atom stereocenters. The highest BCUT2D eigenvalue weighted by Gasteiger charge is 2.28. The molecule has 0 radical (unpaired) electrons. The molecule has 0 fully saturated rings. The van der Waals surface area contributed by atoms with E-state index < -0.39 is 5.60 Å². The van der Waals surface area contributed by atoms with Crippen LogP contribution in [0.25, 0.3) is 0 Å². The summed E-state index contributed by atoms with van der Waals surface area (Å²) >= 11 is 0. The first-order chi connectivity index (χ1) is 12.8. The molecule has 2 aliphatic rings. The summed E-state index contributed by atoms with van der Waals surface area (Å²) in [7, 11) is 0. The Morgan fingerprint density at radius 3 is 2.33 bits per heavy atom. The number of anilines is 1. The van der Waals surface area contributed by atoms with E-state index in [-0.39, 0.29) is 12.0 Å². The zero-order valence-electron chi connectivity index (χ0n) is 17.1. The molecule has 1 aromatic rings. The van der Waals surface area contributed by atoms with E-state index in [1.807, 2.05) is 30.6 Å². The van der Waals surface area contributed by atoms with E-state index in [4.69, 9.17) is 4.74 Å². The van der Waals surface area contributed by atoms with Gasteiger partial charge in [0.25, 0.3) is 0 Å². The van der Waals surface area contributed by atoms with Crippen molar-refractivity contribution in [1.29, 1.82) is 0 Å². The standard InChI is InChI=1S/C22H32N2O3/c1-5-6-11-24-19-15-17-10-13-23(21(26)27-22(2,3)4)12-9-16(17)14-18(19)7-8-20(24)25/h14-15H,5-13H2,1-4H3. The van der Waals surface area contributed by atoms with Gasteiger partial charge < -0.3 is 14.5 Å². The predicted molar refractivity (Wildman–Crippen MR) is 107 cm³/mol. The minimum absolute atomic E-state index is 0.236. The fraction of sp³-hybridized carbons (Fsp3) is 0.636. The van der Waals surface area contributed by atoms with Gasteiger partial charge in [-0.15, -0.1) is 0 Å². The minimum Gasteiger partial charge on any atom is -0.444 e. The molecule has 5 heteroatoms. The summed E-state index contributed by atoms with van der Waals surface area (Å²) in [5.41, 5.74) is 4.45. The van der Waals surface area contributed by atoms with Crippen molar-refractivity contribution < 1.29 is 14.3 Å². The van der Waals surface area contributed by atoms with Crippen molar-refractivity contribution >= 4 is 17.7 Å². The van der Waals surface area contributed by atoms with Crippen LogP contribution in [0.1, 0.15) is 63.6 Å². The van der Waals surface area contributed by atoms with Gasteiger partial charge in [-0.2, -0.15) is 0 Å². The highest BCUT2D eigenvalue weighted by Crippen LogP contribution is 2.33. The molecule has 2 amide bonds. The van der Waals surface area contributed by atoms with Crippen LogP contribution in [-0.2, 0) is 28.8 Å². The van der Waals surface area contributed by atoms with Crippen molar-refractivity contribution in [3.8, 4) is 0 Å². The lowest BCUT2D eigenvalue weighted by atomic mass is 9.93. The normalized spacial score (nSPS) is 17.3. The Morgan fingerprint density at radius 1 is 1.04 bits per heavy atom. The quantitative estimate of drug-likeness (QED) is 0.802. The van der Waals surface area contributed by atoms with Crippen molar-refractivity contribution in [2.24, 2.45) is 0 Å². The molecule has 148 valence electrons. The second-order valence-corrected chi connectivity index (χ2v) is 8.62. The van der Waals surface area contributed by atoms with Crippen molar-refractivity contribution in [3.05, 3.63) is 28.8 Å². The zero-order chi connectivity index (χ0) is 19.6. The Bertz CT molecular complexity index is 721. The van der Waals surface area contributed by atoms with Gasteiger partial charge in [0.05, 0.1) is 0 Å². The van der Waals surface area contributed by atoms with Crippen LogP contribution in [0.5, 0.6) is 0 Å². The minimum atomic E-state index is -0.477. The van der Waals surface area contributed by atoms with E-state index in [1.165, 1.54) is 16.7 Å². The highest BCUT2D eigenvalue weighted by atomic mass is 16.6. The number of fused-ring (bicyclic) bond motifs is 2. The Balaban J connectivity index is 1.79. The third-order valence-electron chi connectivity index (χ3n) is 5.29. The molecule has 5 nitrogen and oxygen atoms in total. The van der Waals surface area contributed by atoms with Crippen molar-refractivity contribution in [3.63, 3.8) is 0 Å². The van der Waals surface area contributed by atoms with Crippen molar-refractivity contribution in [1.82, 2.24) is 4.90 Å². The highest BCUT2D eigenvalue weighted by molar-refractivity contribution is 5.96. The lowest BCUT2D eigenvalue weighted by molar-refractivity contribution is -0.118. The number of aryl methyl sites for hydroxylation is 1. The third kappa shape index (κ3) is 4.63. The van der Waals surface area contributed by atoms with Crippen LogP contribution in [0.15, 0.2) is 12.1 Å². The van der Waals surface area contributed by atoms with Crippen LogP contribution >= 0.6 is 0 Å². The first kappa shape index (κ1) is 19.7. The van der Waals surface area contributed by atoms with E-state index in [0.29, 0.717) is 19.5 Å². The Kier molecular flexibility index (Phi) is 5.78. The van der Waals surface area contributed by atoms with Gasteiger partial charge in [0.2, 0.25) is 5.91 Å². The number of rotatable bonds is 3. The van der Waals surface area contributed by atoms with E-state index in [0.717, 1.165) is 44.3 Å². The molecule has 2 aliphatic heterocycles. The smallest absolute Gasteiger partial charge is 0.410 e. The van der Waals surface area contributed by atoms with Gasteiger partial charge in [0, 0.05) is 31.7 Å². The van der Waals surface area contributed by atoms with Gasteiger partial charge in [-0.25, -0.2) is 4.79 Å². The Hall–Kier alpha value is -2.04. The van der Waals surface area contributed by atoms with Gasteiger partial charge >= 0.3 is 6.09 Å². The van der Waals surface area contributed by atoms with Crippen LogP contribution in [0.4, 0.5) is 10.5 Å². The van der Waals surface area contributed by atoms with E-state index in [2.05, 4.69) is 19.1 Å². The van der Waals surface area contributed by atoms with Crippen LogP contribution in [0, 0.1) is 0 Å². The molecular weight excluding hydrogens is 340 g/mol. The molecule has 0 spiro atoms. The maximum atomic E-state index is 12.4. The predicted octanol–water partition coefficient (Wildman–Crippen LogP) is 4.10. The molecule has 0 aromatic heterocycles. The number of carbonyl (C=O) groups is 2.